The summed E-state index contributed by atoms with van der Waals surface area (Å²) in [5, 5.41) is 13.3. The van der Waals surface area contributed by atoms with Crippen LogP contribution in [0.15, 0.2) is 0 Å². The van der Waals surface area contributed by atoms with E-state index in [1.807, 2.05) is 6.92 Å². The maximum Gasteiger partial charge on any atom is 0.0638 e. The molecule has 3 nitrogen and oxygen atoms in total. The molecule has 0 amide bonds. The molecule has 112 valence electrons. The molecule has 0 bridgehead atoms. The second-order valence-electron chi connectivity index (χ2n) is 7.38. The van der Waals surface area contributed by atoms with Crippen LogP contribution in [0.1, 0.15) is 52.4 Å². The van der Waals surface area contributed by atoms with E-state index in [4.69, 9.17) is 0 Å². The largest absolute Gasteiger partial charge is 0.392 e. The lowest BCUT2D eigenvalue weighted by Crippen LogP contribution is -2.46. The van der Waals surface area contributed by atoms with Crippen molar-refractivity contribution >= 4 is 0 Å². The minimum Gasteiger partial charge on any atom is -0.392 e. The number of nitrogens with zero attached hydrogens (tertiary/aromatic N) is 1. The maximum absolute atomic E-state index is 9.55. The number of hydrogen-bond acceptors (Lipinski definition) is 3. The Morgan fingerprint density at radius 3 is 2.42 bits per heavy atom. The van der Waals surface area contributed by atoms with Crippen molar-refractivity contribution in [2.45, 2.75) is 64.5 Å². The van der Waals surface area contributed by atoms with Crippen LogP contribution < -0.4 is 5.32 Å². The summed E-state index contributed by atoms with van der Waals surface area (Å²) in [5.41, 5.74) is 0.443. The summed E-state index contributed by atoms with van der Waals surface area (Å²) in [6, 6.07) is 0.804. The molecule has 0 spiro atoms. The highest BCUT2D eigenvalue weighted by molar-refractivity contribution is 4.92. The van der Waals surface area contributed by atoms with E-state index in [1.165, 1.54) is 45.1 Å². The number of aliphatic hydroxyl groups excluding tert-OH is 1. The summed E-state index contributed by atoms with van der Waals surface area (Å²) in [6.07, 6.45) is 7.95. The smallest absolute Gasteiger partial charge is 0.0638 e. The van der Waals surface area contributed by atoms with Crippen LogP contribution in [0.3, 0.4) is 0 Å². The first kappa shape index (κ1) is 15.3. The summed E-state index contributed by atoms with van der Waals surface area (Å²) in [7, 11) is 2.16. The molecular formula is C16H32N2O. The molecule has 0 aromatic heterocycles. The van der Waals surface area contributed by atoms with Gasteiger partial charge in [0.15, 0.2) is 0 Å². The van der Waals surface area contributed by atoms with E-state index in [2.05, 4.69) is 24.2 Å². The SMILES string of the molecule is CC(O)CN(C)CC1(CNC2CC2)CCC(C)CC1. The van der Waals surface area contributed by atoms with Crippen molar-refractivity contribution < 1.29 is 5.11 Å². The van der Waals surface area contributed by atoms with E-state index in [0.717, 1.165) is 25.0 Å². The van der Waals surface area contributed by atoms with E-state index in [9.17, 15) is 5.11 Å². The van der Waals surface area contributed by atoms with Crippen molar-refractivity contribution in [2.75, 3.05) is 26.7 Å². The first-order valence-electron chi connectivity index (χ1n) is 8.09. The normalized spacial score (nSPS) is 33.6. The van der Waals surface area contributed by atoms with Gasteiger partial charge in [-0.25, -0.2) is 0 Å². The Balaban J connectivity index is 1.88. The molecule has 0 radical (unpaired) electrons. The Morgan fingerprint density at radius 1 is 1.26 bits per heavy atom. The topological polar surface area (TPSA) is 35.5 Å². The number of aliphatic hydroxyl groups is 1. The average molecular weight is 268 g/mol. The fourth-order valence-electron chi connectivity index (χ4n) is 3.50. The van der Waals surface area contributed by atoms with E-state index >= 15 is 0 Å². The zero-order valence-electron chi connectivity index (χ0n) is 13.0. The molecule has 0 saturated heterocycles. The molecule has 19 heavy (non-hydrogen) atoms. The van der Waals surface area contributed by atoms with Gasteiger partial charge in [-0.2, -0.15) is 0 Å². The zero-order valence-corrected chi connectivity index (χ0v) is 13.0. The second kappa shape index (κ2) is 6.55. The standard InChI is InChI=1S/C16H32N2O/c1-13-6-8-16(9-7-13,11-17-15-4-5-15)12-18(3)10-14(2)19/h13-15,17,19H,4-12H2,1-3H3. The van der Waals surface area contributed by atoms with Crippen molar-refractivity contribution in [1.82, 2.24) is 10.2 Å². The number of likely N-dealkylation sites (N-methyl/N-ethyl adjacent to an activating group) is 1. The Bertz CT molecular complexity index is 268. The van der Waals surface area contributed by atoms with Gasteiger partial charge in [-0.15, -0.1) is 0 Å². The van der Waals surface area contributed by atoms with Crippen LogP contribution in [-0.2, 0) is 0 Å². The Morgan fingerprint density at radius 2 is 1.89 bits per heavy atom. The van der Waals surface area contributed by atoms with Crippen LogP contribution in [0, 0.1) is 11.3 Å². The Hall–Kier alpha value is -0.120. The van der Waals surface area contributed by atoms with Gasteiger partial charge in [-0.1, -0.05) is 19.8 Å². The summed E-state index contributed by atoms with van der Waals surface area (Å²) in [4.78, 5) is 2.33. The van der Waals surface area contributed by atoms with Gasteiger partial charge in [0, 0.05) is 25.7 Å². The quantitative estimate of drug-likeness (QED) is 0.743. The first-order chi connectivity index (χ1) is 8.99. The second-order valence-corrected chi connectivity index (χ2v) is 7.38. The zero-order chi connectivity index (χ0) is 13.9. The van der Waals surface area contributed by atoms with Gasteiger partial charge in [0.05, 0.1) is 6.10 Å². The van der Waals surface area contributed by atoms with Crippen molar-refractivity contribution in [2.24, 2.45) is 11.3 Å². The molecule has 2 aliphatic carbocycles. The summed E-state index contributed by atoms with van der Waals surface area (Å²) < 4.78 is 0. The van der Waals surface area contributed by atoms with Gasteiger partial charge in [0.2, 0.25) is 0 Å². The molecule has 0 aromatic rings. The van der Waals surface area contributed by atoms with Gasteiger partial charge in [0.25, 0.3) is 0 Å². The molecule has 0 aliphatic heterocycles. The number of nitrogens with one attached hydrogen (secondary N) is 1. The van der Waals surface area contributed by atoms with Gasteiger partial charge >= 0.3 is 0 Å². The lowest BCUT2D eigenvalue weighted by Gasteiger charge is -2.42. The van der Waals surface area contributed by atoms with Gasteiger partial charge < -0.3 is 15.3 Å². The highest BCUT2D eigenvalue weighted by Crippen LogP contribution is 2.39. The highest BCUT2D eigenvalue weighted by atomic mass is 16.3. The van der Waals surface area contributed by atoms with Crippen LogP contribution in [0.2, 0.25) is 0 Å². The van der Waals surface area contributed by atoms with Crippen molar-refractivity contribution in [3.8, 4) is 0 Å². The molecule has 2 rings (SSSR count). The van der Waals surface area contributed by atoms with E-state index in [-0.39, 0.29) is 6.10 Å². The summed E-state index contributed by atoms with van der Waals surface area (Å²) in [6.45, 7) is 7.37. The third-order valence-electron chi connectivity index (χ3n) is 4.86. The molecule has 1 atom stereocenters. The lowest BCUT2D eigenvalue weighted by atomic mass is 9.70. The number of rotatable bonds is 7. The molecule has 2 N–H and O–H groups in total. The van der Waals surface area contributed by atoms with E-state index < -0.39 is 0 Å². The monoisotopic (exact) mass is 268 g/mol. The molecule has 2 fully saturated rings. The predicted octanol–water partition coefficient (Wildman–Crippen LogP) is 2.25. The molecule has 3 heteroatoms. The van der Waals surface area contributed by atoms with Crippen molar-refractivity contribution in [3.05, 3.63) is 0 Å². The van der Waals surface area contributed by atoms with Crippen LogP contribution in [0.5, 0.6) is 0 Å². The molecular weight excluding hydrogens is 236 g/mol. The molecule has 0 heterocycles. The molecule has 1 unspecified atom stereocenters. The van der Waals surface area contributed by atoms with Crippen molar-refractivity contribution in [3.63, 3.8) is 0 Å². The third kappa shape index (κ3) is 5.05. The fraction of sp³-hybridized carbons (Fsp3) is 1.00. The van der Waals surface area contributed by atoms with Gasteiger partial charge in [-0.05, 0) is 51.0 Å². The maximum atomic E-state index is 9.55. The van der Waals surface area contributed by atoms with E-state index in [1.54, 1.807) is 0 Å². The van der Waals surface area contributed by atoms with Crippen LogP contribution in [0.25, 0.3) is 0 Å². The minimum atomic E-state index is -0.221. The fourth-order valence-corrected chi connectivity index (χ4v) is 3.50. The first-order valence-corrected chi connectivity index (χ1v) is 8.09. The van der Waals surface area contributed by atoms with Crippen LogP contribution >= 0.6 is 0 Å². The van der Waals surface area contributed by atoms with Gasteiger partial charge in [0.1, 0.15) is 0 Å². The third-order valence-corrected chi connectivity index (χ3v) is 4.86. The molecule has 2 saturated carbocycles. The number of hydrogen-bond donors (Lipinski definition) is 2. The summed E-state index contributed by atoms with van der Waals surface area (Å²) >= 11 is 0. The molecule has 2 aliphatic rings. The van der Waals surface area contributed by atoms with E-state index in [0.29, 0.717) is 5.41 Å². The lowest BCUT2D eigenvalue weighted by molar-refractivity contribution is 0.0708. The minimum absolute atomic E-state index is 0.221. The molecule has 0 aromatic carbocycles. The van der Waals surface area contributed by atoms with Crippen LogP contribution in [-0.4, -0.2) is 48.8 Å². The Labute approximate surface area is 118 Å². The summed E-state index contributed by atoms with van der Waals surface area (Å²) in [5.74, 6) is 0.899. The van der Waals surface area contributed by atoms with Gasteiger partial charge in [-0.3, -0.25) is 0 Å². The highest BCUT2D eigenvalue weighted by Gasteiger charge is 2.36. The van der Waals surface area contributed by atoms with Crippen molar-refractivity contribution in [1.29, 1.82) is 0 Å². The predicted molar refractivity (Wildman–Crippen MR) is 80.3 cm³/mol. The van der Waals surface area contributed by atoms with Crippen LogP contribution in [0.4, 0.5) is 0 Å². The average Bonchev–Trinajstić information content (AvgIpc) is 3.13. The Kier molecular flexibility index (Phi) is 5.27.